The molecule has 2 fully saturated rings. The number of nitrogens with zero attached hydrogens (tertiary/aromatic N) is 1. The number of benzene rings is 1. The molecule has 3 rings (SSSR count). The molecule has 6 nitrogen and oxygen atoms in total. The Morgan fingerprint density at radius 2 is 1.89 bits per heavy atom. The number of likely N-dealkylation sites (tertiary alicyclic amines) is 1. The topological polar surface area (TPSA) is 78.9 Å². The molecule has 148 valence electrons. The van der Waals surface area contributed by atoms with Gasteiger partial charge in [0.25, 0.3) is 0 Å². The first-order valence-electron chi connectivity index (χ1n) is 8.86. The lowest BCUT2D eigenvalue weighted by molar-refractivity contribution is -0.187. The number of carboxylic acids is 1. The van der Waals surface area contributed by atoms with E-state index in [0.29, 0.717) is 11.4 Å². The third kappa shape index (κ3) is 4.64. The number of ether oxygens (including phenoxy) is 1. The van der Waals surface area contributed by atoms with Crippen molar-refractivity contribution in [2.75, 3.05) is 18.4 Å². The molecule has 1 aliphatic heterocycles. The van der Waals surface area contributed by atoms with Crippen LogP contribution in [0.2, 0.25) is 0 Å². The molecule has 2 atom stereocenters. The molecule has 0 aromatic heterocycles. The second-order valence-electron chi connectivity index (χ2n) is 6.98. The van der Waals surface area contributed by atoms with E-state index in [9.17, 15) is 22.8 Å². The third-order valence-electron chi connectivity index (χ3n) is 5.03. The van der Waals surface area contributed by atoms with E-state index >= 15 is 0 Å². The highest BCUT2D eigenvalue weighted by Gasteiger charge is 2.53. The second-order valence-corrected chi connectivity index (χ2v) is 6.98. The third-order valence-corrected chi connectivity index (χ3v) is 5.03. The lowest BCUT2D eigenvalue weighted by atomic mass is 9.96. The first-order chi connectivity index (χ1) is 12.7. The Labute approximate surface area is 154 Å². The quantitative estimate of drug-likeness (QED) is 0.826. The number of aliphatic carboxylic acids is 1. The molecule has 1 aliphatic carbocycles. The van der Waals surface area contributed by atoms with Crippen molar-refractivity contribution < 1.29 is 32.6 Å². The lowest BCUT2D eigenvalue weighted by Crippen LogP contribution is -2.35. The molecule has 2 N–H and O–H groups in total. The molecule has 1 saturated carbocycles. The number of rotatable bonds is 4. The van der Waals surface area contributed by atoms with E-state index in [2.05, 4.69) is 5.32 Å². The maximum Gasteiger partial charge on any atom is 0.394 e. The van der Waals surface area contributed by atoms with Gasteiger partial charge in [-0.25, -0.2) is 4.79 Å². The van der Waals surface area contributed by atoms with Crippen molar-refractivity contribution in [1.29, 1.82) is 0 Å². The zero-order chi connectivity index (χ0) is 19.6. The summed E-state index contributed by atoms with van der Waals surface area (Å²) in [6.45, 7) is -1.16. The van der Waals surface area contributed by atoms with E-state index in [-0.39, 0.29) is 6.10 Å². The summed E-state index contributed by atoms with van der Waals surface area (Å²) in [5, 5.41) is 11.6. The number of urea groups is 1. The molecule has 1 aromatic carbocycles. The number of hydrogen-bond acceptors (Lipinski definition) is 3. The molecule has 0 unspecified atom stereocenters. The van der Waals surface area contributed by atoms with E-state index in [1.54, 1.807) is 24.3 Å². The molecule has 0 radical (unpaired) electrons. The Morgan fingerprint density at radius 1 is 1.19 bits per heavy atom. The zero-order valence-corrected chi connectivity index (χ0v) is 14.5. The zero-order valence-electron chi connectivity index (χ0n) is 14.5. The molecule has 1 heterocycles. The van der Waals surface area contributed by atoms with Gasteiger partial charge >= 0.3 is 18.2 Å². The minimum atomic E-state index is -4.67. The van der Waals surface area contributed by atoms with Crippen LogP contribution in [0, 0.1) is 11.8 Å². The van der Waals surface area contributed by atoms with Gasteiger partial charge in [-0.15, -0.1) is 0 Å². The van der Waals surface area contributed by atoms with Crippen molar-refractivity contribution in [1.82, 2.24) is 4.90 Å². The van der Waals surface area contributed by atoms with Gasteiger partial charge in [-0.2, -0.15) is 13.2 Å². The number of amides is 2. The molecular weight excluding hydrogens is 365 g/mol. The molecule has 2 aliphatic rings. The standard InChI is InChI=1S/C18H21F3N2O4/c19-18(20,21)15-10-23(9-14(15)16(24)25)17(26)22-11-4-3-7-13(8-11)27-12-5-1-2-6-12/h3-4,7-8,12,14-15H,1-2,5-6,9-10H2,(H,22,26)(H,24,25)/t14-,15-/m1/s1. The van der Waals surface area contributed by atoms with E-state index in [1.807, 2.05) is 0 Å². The van der Waals surface area contributed by atoms with Gasteiger partial charge in [-0.05, 0) is 37.8 Å². The van der Waals surface area contributed by atoms with E-state index in [4.69, 9.17) is 9.84 Å². The average molecular weight is 386 g/mol. The summed E-state index contributed by atoms with van der Waals surface area (Å²) in [6.07, 6.45) is -0.368. The van der Waals surface area contributed by atoms with Crippen molar-refractivity contribution in [2.45, 2.75) is 38.0 Å². The van der Waals surface area contributed by atoms with Gasteiger partial charge in [0.1, 0.15) is 5.75 Å². The van der Waals surface area contributed by atoms with Crippen molar-refractivity contribution in [2.24, 2.45) is 11.8 Å². The van der Waals surface area contributed by atoms with Crippen LogP contribution in [0.5, 0.6) is 5.75 Å². The first-order valence-corrected chi connectivity index (χ1v) is 8.86. The van der Waals surface area contributed by atoms with Crippen LogP contribution in [-0.2, 0) is 4.79 Å². The Balaban J connectivity index is 1.64. The van der Waals surface area contributed by atoms with Gasteiger partial charge in [-0.1, -0.05) is 6.07 Å². The van der Waals surface area contributed by atoms with Gasteiger partial charge < -0.3 is 20.1 Å². The van der Waals surface area contributed by atoms with Crippen LogP contribution in [0.15, 0.2) is 24.3 Å². The van der Waals surface area contributed by atoms with Crippen LogP contribution in [0.3, 0.4) is 0 Å². The maximum absolute atomic E-state index is 13.0. The highest BCUT2D eigenvalue weighted by atomic mass is 19.4. The summed E-state index contributed by atoms with van der Waals surface area (Å²) in [6, 6.07) is 5.89. The summed E-state index contributed by atoms with van der Waals surface area (Å²) in [5.41, 5.74) is 0.387. The first kappa shape index (κ1) is 19.3. The van der Waals surface area contributed by atoms with Crippen LogP contribution >= 0.6 is 0 Å². The molecule has 1 saturated heterocycles. The summed E-state index contributed by atoms with van der Waals surface area (Å²) in [7, 11) is 0. The van der Waals surface area contributed by atoms with Crippen molar-refractivity contribution in [3.05, 3.63) is 24.3 Å². The average Bonchev–Trinajstić information content (AvgIpc) is 3.24. The fourth-order valence-corrected chi connectivity index (χ4v) is 3.60. The molecule has 0 spiro atoms. The minimum Gasteiger partial charge on any atom is -0.490 e. The monoisotopic (exact) mass is 386 g/mol. The summed E-state index contributed by atoms with van der Waals surface area (Å²) >= 11 is 0. The van der Waals surface area contributed by atoms with Gasteiger partial charge in [0.05, 0.1) is 17.9 Å². The Bertz CT molecular complexity index is 704. The van der Waals surface area contributed by atoms with Crippen molar-refractivity contribution in [3.8, 4) is 5.75 Å². The molecule has 0 bridgehead atoms. The van der Waals surface area contributed by atoms with Crippen LogP contribution in [0.25, 0.3) is 0 Å². The van der Waals surface area contributed by atoms with Gasteiger partial charge in [0.2, 0.25) is 0 Å². The number of anilines is 1. The molecule has 27 heavy (non-hydrogen) atoms. The molecule has 1 aromatic rings. The van der Waals surface area contributed by atoms with Crippen LogP contribution in [0.1, 0.15) is 25.7 Å². The van der Waals surface area contributed by atoms with Gasteiger partial charge in [-0.3, -0.25) is 4.79 Å². The summed E-state index contributed by atoms with van der Waals surface area (Å²) in [4.78, 5) is 24.3. The summed E-state index contributed by atoms with van der Waals surface area (Å²) < 4.78 is 45.0. The Hall–Kier alpha value is -2.45. The molecule has 2 amide bonds. The van der Waals surface area contributed by atoms with E-state index < -0.39 is 43.1 Å². The number of hydrogen-bond donors (Lipinski definition) is 2. The smallest absolute Gasteiger partial charge is 0.394 e. The van der Waals surface area contributed by atoms with Crippen LogP contribution in [0.4, 0.5) is 23.7 Å². The fraction of sp³-hybridized carbons (Fsp3) is 0.556. The largest absolute Gasteiger partial charge is 0.490 e. The predicted octanol–water partition coefficient (Wildman–Crippen LogP) is 3.73. The highest BCUT2D eigenvalue weighted by Crippen LogP contribution is 2.38. The summed E-state index contributed by atoms with van der Waals surface area (Å²) in [5.74, 6) is -4.71. The highest BCUT2D eigenvalue weighted by molar-refractivity contribution is 5.90. The number of alkyl halides is 3. The maximum atomic E-state index is 13.0. The normalized spacial score (nSPS) is 23.4. The number of carboxylic acid groups (broad SMARTS) is 1. The van der Waals surface area contributed by atoms with E-state index in [1.165, 1.54) is 0 Å². The van der Waals surface area contributed by atoms with Gasteiger partial charge in [0, 0.05) is 24.8 Å². The second kappa shape index (κ2) is 7.66. The number of nitrogens with one attached hydrogen (secondary N) is 1. The van der Waals surface area contributed by atoms with Crippen molar-refractivity contribution in [3.63, 3.8) is 0 Å². The van der Waals surface area contributed by atoms with Crippen molar-refractivity contribution >= 4 is 17.7 Å². The van der Waals surface area contributed by atoms with Crippen LogP contribution in [-0.4, -0.2) is 47.4 Å². The number of carbonyl (C=O) groups is 2. The fourth-order valence-electron chi connectivity index (χ4n) is 3.60. The Kier molecular flexibility index (Phi) is 5.48. The molecular formula is C18H21F3N2O4. The predicted molar refractivity (Wildman–Crippen MR) is 90.6 cm³/mol. The Morgan fingerprint density at radius 3 is 2.48 bits per heavy atom. The SMILES string of the molecule is O=C(O)[C@@H]1CN(C(=O)Nc2cccc(OC3CCCC3)c2)C[C@H]1C(F)(F)F. The lowest BCUT2D eigenvalue weighted by Gasteiger charge is -2.19. The number of halogens is 3. The van der Waals surface area contributed by atoms with Crippen LogP contribution < -0.4 is 10.1 Å². The van der Waals surface area contributed by atoms with Gasteiger partial charge in [0.15, 0.2) is 0 Å². The van der Waals surface area contributed by atoms with E-state index in [0.717, 1.165) is 30.6 Å². The number of carbonyl (C=O) groups excluding carboxylic acids is 1. The molecule has 9 heteroatoms. The minimum absolute atomic E-state index is 0.137.